The molecule has 1 rings (SSSR count). The Bertz CT molecular complexity index is 192. The van der Waals surface area contributed by atoms with E-state index in [0.717, 1.165) is 30.7 Å². The van der Waals surface area contributed by atoms with Crippen molar-refractivity contribution < 1.29 is 9.94 Å². The van der Waals surface area contributed by atoms with Crippen LogP contribution in [0.5, 0.6) is 0 Å². The predicted octanol–water partition coefficient (Wildman–Crippen LogP) is 2.99. The first-order valence-electron chi connectivity index (χ1n) is 6.01. The van der Waals surface area contributed by atoms with Crippen LogP contribution in [0.3, 0.4) is 0 Å². The second-order valence-corrected chi connectivity index (χ2v) is 5.54. The van der Waals surface area contributed by atoms with Gasteiger partial charge in [-0.2, -0.15) is 0 Å². The molecule has 1 aliphatic heterocycles. The number of hydrogen-bond acceptors (Lipinski definition) is 2. The van der Waals surface area contributed by atoms with E-state index in [1.165, 1.54) is 0 Å². The van der Waals surface area contributed by atoms with Crippen LogP contribution >= 0.6 is 0 Å². The van der Waals surface area contributed by atoms with Crippen molar-refractivity contribution in [1.29, 1.82) is 0 Å². The summed E-state index contributed by atoms with van der Waals surface area (Å²) in [5.41, 5.74) is -0.249. The van der Waals surface area contributed by atoms with E-state index in [2.05, 4.69) is 13.8 Å². The lowest BCUT2D eigenvalue weighted by atomic mass is 9.92. The standard InChI is InChI=1S/C12H24NO2/c1-10(2)7-9-15-11-6-5-8-12(3,4)13(11)14/h10-11H,5-9H2,1-4H3. The first-order valence-corrected chi connectivity index (χ1v) is 6.01. The summed E-state index contributed by atoms with van der Waals surface area (Å²) in [7, 11) is 0. The Balaban J connectivity index is 2.34. The van der Waals surface area contributed by atoms with Crippen molar-refractivity contribution in [3.8, 4) is 0 Å². The van der Waals surface area contributed by atoms with E-state index in [4.69, 9.17) is 4.74 Å². The molecular weight excluding hydrogens is 190 g/mol. The molecule has 1 atom stereocenters. The number of piperidine rings is 1. The second-order valence-electron chi connectivity index (χ2n) is 5.54. The highest BCUT2D eigenvalue weighted by molar-refractivity contribution is 4.82. The lowest BCUT2D eigenvalue weighted by molar-refractivity contribution is -0.317. The lowest BCUT2D eigenvalue weighted by Crippen LogP contribution is -2.51. The third-order valence-corrected chi connectivity index (χ3v) is 3.10. The highest BCUT2D eigenvalue weighted by atomic mass is 16.6. The minimum atomic E-state index is -0.249. The van der Waals surface area contributed by atoms with E-state index in [1.54, 1.807) is 0 Å². The first-order chi connectivity index (χ1) is 6.93. The topological polar surface area (TPSA) is 32.4 Å². The summed E-state index contributed by atoms with van der Waals surface area (Å²) in [6.45, 7) is 9.04. The fraction of sp³-hybridized carbons (Fsp3) is 1.00. The quantitative estimate of drug-likeness (QED) is 0.720. The van der Waals surface area contributed by atoms with Crippen molar-refractivity contribution >= 4 is 0 Å². The Morgan fingerprint density at radius 2 is 2.13 bits per heavy atom. The average Bonchev–Trinajstić information content (AvgIpc) is 2.12. The van der Waals surface area contributed by atoms with Gasteiger partial charge in [0.05, 0.1) is 0 Å². The molecule has 1 fully saturated rings. The normalized spacial score (nSPS) is 27.2. The maximum Gasteiger partial charge on any atom is 0.136 e. The Morgan fingerprint density at radius 3 is 2.73 bits per heavy atom. The molecule has 1 heterocycles. The Hall–Kier alpha value is -0.120. The zero-order valence-corrected chi connectivity index (χ0v) is 10.5. The molecule has 3 heteroatoms. The molecule has 0 saturated carbocycles. The van der Waals surface area contributed by atoms with Gasteiger partial charge in [-0.1, -0.05) is 13.8 Å². The van der Waals surface area contributed by atoms with Gasteiger partial charge >= 0.3 is 0 Å². The van der Waals surface area contributed by atoms with Gasteiger partial charge in [0.2, 0.25) is 0 Å². The molecule has 3 nitrogen and oxygen atoms in total. The van der Waals surface area contributed by atoms with Crippen LogP contribution in [-0.4, -0.2) is 23.4 Å². The number of ether oxygens (including phenoxy) is 1. The zero-order chi connectivity index (χ0) is 11.5. The van der Waals surface area contributed by atoms with Crippen LogP contribution in [0.25, 0.3) is 0 Å². The average molecular weight is 214 g/mol. The summed E-state index contributed by atoms with van der Waals surface area (Å²) in [6.07, 6.45) is 3.77. The largest absolute Gasteiger partial charge is 0.361 e. The molecule has 0 N–H and O–H groups in total. The maximum absolute atomic E-state index is 11.9. The van der Waals surface area contributed by atoms with Crippen LogP contribution in [-0.2, 0) is 9.94 Å². The number of nitrogens with zero attached hydrogens (tertiary/aromatic N) is 1. The van der Waals surface area contributed by atoms with E-state index in [-0.39, 0.29) is 11.8 Å². The molecule has 1 unspecified atom stereocenters. The van der Waals surface area contributed by atoms with Gasteiger partial charge in [-0.25, -0.2) is 0 Å². The number of hydroxylamine groups is 2. The van der Waals surface area contributed by atoms with Gasteiger partial charge < -0.3 is 4.74 Å². The SMILES string of the molecule is CC(C)CCOC1CCCC(C)(C)N1[O]. The molecule has 89 valence electrons. The van der Waals surface area contributed by atoms with Crippen molar-refractivity contribution in [3.05, 3.63) is 0 Å². The summed E-state index contributed by atoms with van der Waals surface area (Å²) in [5, 5.41) is 13.1. The molecule has 0 aromatic carbocycles. The van der Waals surface area contributed by atoms with Gasteiger partial charge in [0.25, 0.3) is 0 Å². The van der Waals surface area contributed by atoms with E-state index in [9.17, 15) is 5.21 Å². The predicted molar refractivity (Wildman–Crippen MR) is 59.7 cm³/mol. The minimum absolute atomic E-state index is 0.215. The third-order valence-electron chi connectivity index (χ3n) is 3.10. The van der Waals surface area contributed by atoms with Crippen LogP contribution < -0.4 is 0 Å². The fourth-order valence-electron chi connectivity index (χ4n) is 1.92. The van der Waals surface area contributed by atoms with Crippen molar-refractivity contribution in [1.82, 2.24) is 5.06 Å². The summed E-state index contributed by atoms with van der Waals surface area (Å²) < 4.78 is 5.66. The van der Waals surface area contributed by atoms with E-state index in [1.807, 2.05) is 13.8 Å². The van der Waals surface area contributed by atoms with Crippen LogP contribution in [0.1, 0.15) is 53.4 Å². The van der Waals surface area contributed by atoms with Gasteiger partial charge in [-0.05, 0) is 45.4 Å². The molecule has 1 saturated heterocycles. The molecule has 15 heavy (non-hydrogen) atoms. The van der Waals surface area contributed by atoms with Gasteiger partial charge in [0, 0.05) is 12.1 Å². The molecule has 1 aliphatic rings. The molecule has 0 aromatic rings. The van der Waals surface area contributed by atoms with Gasteiger partial charge in [-0.3, -0.25) is 0 Å². The zero-order valence-electron chi connectivity index (χ0n) is 10.5. The van der Waals surface area contributed by atoms with Gasteiger partial charge in [-0.15, -0.1) is 10.3 Å². The highest BCUT2D eigenvalue weighted by Crippen LogP contribution is 2.30. The monoisotopic (exact) mass is 214 g/mol. The minimum Gasteiger partial charge on any atom is -0.361 e. The molecule has 0 aliphatic carbocycles. The maximum atomic E-state index is 11.9. The third kappa shape index (κ3) is 3.74. The summed E-state index contributed by atoms with van der Waals surface area (Å²) in [5.74, 6) is 0.640. The Kier molecular flexibility index (Phi) is 4.56. The van der Waals surface area contributed by atoms with Crippen molar-refractivity contribution in [2.45, 2.75) is 65.1 Å². The Labute approximate surface area is 93.4 Å². The molecule has 0 amide bonds. The molecular formula is C12H24NO2. The Morgan fingerprint density at radius 1 is 1.47 bits per heavy atom. The summed E-state index contributed by atoms with van der Waals surface area (Å²) in [4.78, 5) is 0. The molecule has 0 aromatic heterocycles. The van der Waals surface area contributed by atoms with Gasteiger partial charge in [0.15, 0.2) is 0 Å². The summed E-state index contributed by atoms with van der Waals surface area (Å²) in [6, 6.07) is 0. The van der Waals surface area contributed by atoms with Crippen LogP contribution in [0.2, 0.25) is 0 Å². The van der Waals surface area contributed by atoms with Crippen molar-refractivity contribution in [3.63, 3.8) is 0 Å². The highest BCUT2D eigenvalue weighted by Gasteiger charge is 2.37. The van der Waals surface area contributed by atoms with Crippen LogP contribution in [0, 0.1) is 5.92 Å². The van der Waals surface area contributed by atoms with E-state index in [0.29, 0.717) is 12.5 Å². The van der Waals surface area contributed by atoms with Crippen molar-refractivity contribution in [2.75, 3.05) is 6.61 Å². The smallest absolute Gasteiger partial charge is 0.136 e. The molecule has 1 radical (unpaired) electrons. The number of rotatable bonds is 4. The van der Waals surface area contributed by atoms with Crippen molar-refractivity contribution in [2.24, 2.45) is 5.92 Å². The first kappa shape index (κ1) is 12.9. The molecule has 0 spiro atoms. The number of hydrogen-bond donors (Lipinski definition) is 0. The van der Waals surface area contributed by atoms with E-state index < -0.39 is 0 Å². The second kappa shape index (κ2) is 5.28. The fourth-order valence-corrected chi connectivity index (χ4v) is 1.92. The van der Waals surface area contributed by atoms with Gasteiger partial charge in [0.1, 0.15) is 6.23 Å². The lowest BCUT2D eigenvalue weighted by Gasteiger charge is -2.41. The van der Waals surface area contributed by atoms with Crippen LogP contribution in [0.4, 0.5) is 0 Å². The summed E-state index contributed by atoms with van der Waals surface area (Å²) >= 11 is 0. The molecule has 0 bridgehead atoms. The van der Waals surface area contributed by atoms with E-state index >= 15 is 0 Å². The van der Waals surface area contributed by atoms with Crippen LogP contribution in [0.15, 0.2) is 0 Å².